The van der Waals surface area contributed by atoms with E-state index in [1.165, 1.54) is 0 Å². The molecule has 0 aromatic heterocycles. The Labute approximate surface area is 74.5 Å². The van der Waals surface area contributed by atoms with Gasteiger partial charge in [-0.15, -0.1) is 0 Å². The average Bonchev–Trinajstić information content (AvgIpc) is 2.10. The van der Waals surface area contributed by atoms with E-state index in [0.29, 0.717) is 6.61 Å². The summed E-state index contributed by atoms with van der Waals surface area (Å²) in [7, 11) is 0. The molecule has 1 aliphatic heterocycles. The van der Waals surface area contributed by atoms with Gasteiger partial charge in [0.05, 0.1) is 0 Å². The van der Waals surface area contributed by atoms with Crippen molar-refractivity contribution in [2.75, 3.05) is 32.8 Å². The molecule has 0 saturated carbocycles. The summed E-state index contributed by atoms with van der Waals surface area (Å²) < 4.78 is 0. The second kappa shape index (κ2) is 4.21. The van der Waals surface area contributed by atoms with Crippen LogP contribution in [0.25, 0.3) is 0 Å². The van der Waals surface area contributed by atoms with Crippen molar-refractivity contribution in [2.24, 2.45) is 11.1 Å². The summed E-state index contributed by atoms with van der Waals surface area (Å²) in [4.78, 5) is 2.37. The molecule has 1 saturated heterocycles. The van der Waals surface area contributed by atoms with Gasteiger partial charge < -0.3 is 15.7 Å². The quantitative estimate of drug-likeness (QED) is 0.632. The fourth-order valence-corrected chi connectivity index (χ4v) is 1.66. The SMILES string of the molecule is CC1(CO)CCN(CCN)CC1. The fourth-order valence-electron chi connectivity index (χ4n) is 1.66. The molecule has 3 nitrogen and oxygen atoms in total. The lowest BCUT2D eigenvalue weighted by molar-refractivity contribution is 0.0600. The van der Waals surface area contributed by atoms with Crippen LogP contribution in [0, 0.1) is 5.41 Å². The van der Waals surface area contributed by atoms with E-state index in [-0.39, 0.29) is 5.41 Å². The Morgan fingerprint density at radius 2 is 2.00 bits per heavy atom. The number of piperidine rings is 1. The zero-order valence-electron chi connectivity index (χ0n) is 7.92. The molecule has 1 rings (SSSR count). The first kappa shape index (κ1) is 9.96. The van der Waals surface area contributed by atoms with Crippen LogP contribution in [0.4, 0.5) is 0 Å². The minimum absolute atomic E-state index is 0.172. The molecule has 0 aromatic carbocycles. The Bertz CT molecular complexity index is 130. The van der Waals surface area contributed by atoms with Gasteiger partial charge in [0.25, 0.3) is 0 Å². The maximum atomic E-state index is 9.12. The van der Waals surface area contributed by atoms with E-state index in [2.05, 4.69) is 11.8 Å². The first-order valence-corrected chi connectivity index (χ1v) is 4.73. The van der Waals surface area contributed by atoms with Gasteiger partial charge >= 0.3 is 0 Å². The van der Waals surface area contributed by atoms with Crippen LogP contribution in [0.5, 0.6) is 0 Å². The van der Waals surface area contributed by atoms with E-state index in [1.54, 1.807) is 0 Å². The minimum atomic E-state index is 0.172. The van der Waals surface area contributed by atoms with Crippen molar-refractivity contribution in [1.82, 2.24) is 4.90 Å². The van der Waals surface area contributed by atoms with Crippen LogP contribution in [0.1, 0.15) is 19.8 Å². The molecule has 12 heavy (non-hydrogen) atoms. The van der Waals surface area contributed by atoms with Crippen molar-refractivity contribution in [3.05, 3.63) is 0 Å². The molecule has 3 N–H and O–H groups in total. The highest BCUT2D eigenvalue weighted by Crippen LogP contribution is 2.29. The van der Waals surface area contributed by atoms with Crippen molar-refractivity contribution < 1.29 is 5.11 Å². The Kier molecular flexibility index (Phi) is 3.50. The molecule has 0 amide bonds. The number of nitrogens with zero attached hydrogens (tertiary/aromatic N) is 1. The summed E-state index contributed by atoms with van der Waals surface area (Å²) in [6, 6.07) is 0. The zero-order valence-corrected chi connectivity index (χ0v) is 7.92. The van der Waals surface area contributed by atoms with Crippen LogP contribution in [-0.2, 0) is 0 Å². The highest BCUT2D eigenvalue weighted by Gasteiger charge is 2.28. The molecular weight excluding hydrogens is 152 g/mol. The second-order valence-corrected chi connectivity index (χ2v) is 4.10. The molecule has 3 heteroatoms. The Morgan fingerprint density at radius 3 is 2.42 bits per heavy atom. The summed E-state index contributed by atoms with van der Waals surface area (Å²) in [5, 5.41) is 9.12. The molecule has 0 radical (unpaired) electrons. The predicted octanol–water partition coefficient (Wildman–Crippen LogP) is 0.0395. The largest absolute Gasteiger partial charge is 0.396 e. The molecule has 1 heterocycles. The van der Waals surface area contributed by atoms with E-state index in [9.17, 15) is 0 Å². The summed E-state index contributed by atoms with van der Waals surface area (Å²) in [6.45, 7) is 6.41. The van der Waals surface area contributed by atoms with Crippen molar-refractivity contribution in [3.8, 4) is 0 Å². The Morgan fingerprint density at radius 1 is 1.42 bits per heavy atom. The van der Waals surface area contributed by atoms with Crippen molar-refractivity contribution >= 4 is 0 Å². The van der Waals surface area contributed by atoms with Crippen LogP contribution in [0.3, 0.4) is 0 Å². The number of aliphatic hydroxyl groups excluding tert-OH is 1. The van der Waals surface area contributed by atoms with Gasteiger partial charge in [-0.1, -0.05) is 6.92 Å². The van der Waals surface area contributed by atoms with E-state index in [0.717, 1.165) is 39.0 Å². The maximum absolute atomic E-state index is 9.12. The fraction of sp³-hybridized carbons (Fsp3) is 1.00. The van der Waals surface area contributed by atoms with Gasteiger partial charge in [-0.05, 0) is 31.3 Å². The van der Waals surface area contributed by atoms with Gasteiger partial charge in [0, 0.05) is 19.7 Å². The molecular formula is C9H20N2O. The summed E-state index contributed by atoms with van der Waals surface area (Å²) >= 11 is 0. The lowest BCUT2D eigenvalue weighted by Gasteiger charge is -2.37. The van der Waals surface area contributed by atoms with Gasteiger partial charge in [0.2, 0.25) is 0 Å². The maximum Gasteiger partial charge on any atom is 0.0485 e. The lowest BCUT2D eigenvalue weighted by Crippen LogP contribution is -2.42. The normalized spacial score (nSPS) is 24.2. The number of hydrogen-bond acceptors (Lipinski definition) is 3. The smallest absolute Gasteiger partial charge is 0.0485 e. The number of likely N-dealkylation sites (tertiary alicyclic amines) is 1. The third-order valence-electron chi connectivity index (χ3n) is 2.89. The molecule has 0 spiro atoms. The summed E-state index contributed by atoms with van der Waals surface area (Å²) in [6.07, 6.45) is 2.20. The number of aliphatic hydroxyl groups is 1. The topological polar surface area (TPSA) is 49.5 Å². The van der Waals surface area contributed by atoms with Crippen molar-refractivity contribution in [1.29, 1.82) is 0 Å². The van der Waals surface area contributed by atoms with Gasteiger partial charge in [0.15, 0.2) is 0 Å². The van der Waals surface area contributed by atoms with Crippen LogP contribution in [-0.4, -0.2) is 42.8 Å². The Hall–Kier alpha value is -0.120. The lowest BCUT2D eigenvalue weighted by atomic mass is 9.81. The molecule has 1 aliphatic rings. The predicted molar refractivity (Wildman–Crippen MR) is 49.9 cm³/mol. The van der Waals surface area contributed by atoms with Gasteiger partial charge in [-0.2, -0.15) is 0 Å². The zero-order chi connectivity index (χ0) is 9.03. The number of nitrogens with two attached hydrogens (primary N) is 1. The van der Waals surface area contributed by atoms with E-state index in [4.69, 9.17) is 10.8 Å². The first-order valence-electron chi connectivity index (χ1n) is 4.73. The standard InChI is InChI=1S/C9H20N2O/c1-9(8-12)2-5-11(6-3-9)7-4-10/h12H,2-8,10H2,1H3. The van der Waals surface area contributed by atoms with Crippen LogP contribution < -0.4 is 5.73 Å². The number of hydrogen-bond donors (Lipinski definition) is 2. The highest BCUT2D eigenvalue weighted by atomic mass is 16.3. The molecule has 0 atom stereocenters. The molecule has 0 aliphatic carbocycles. The van der Waals surface area contributed by atoms with E-state index < -0.39 is 0 Å². The van der Waals surface area contributed by atoms with Crippen molar-refractivity contribution in [3.63, 3.8) is 0 Å². The molecule has 0 bridgehead atoms. The molecule has 0 unspecified atom stereocenters. The van der Waals surface area contributed by atoms with Crippen LogP contribution >= 0.6 is 0 Å². The van der Waals surface area contributed by atoms with Gasteiger partial charge in [-0.25, -0.2) is 0 Å². The third kappa shape index (κ3) is 2.44. The average molecular weight is 172 g/mol. The minimum Gasteiger partial charge on any atom is -0.396 e. The Balaban J connectivity index is 2.29. The van der Waals surface area contributed by atoms with Crippen LogP contribution in [0.2, 0.25) is 0 Å². The van der Waals surface area contributed by atoms with E-state index in [1.807, 2.05) is 0 Å². The first-order chi connectivity index (χ1) is 5.70. The van der Waals surface area contributed by atoms with Gasteiger partial charge in [-0.3, -0.25) is 0 Å². The second-order valence-electron chi connectivity index (χ2n) is 4.10. The van der Waals surface area contributed by atoms with Crippen molar-refractivity contribution in [2.45, 2.75) is 19.8 Å². The molecule has 0 aromatic rings. The van der Waals surface area contributed by atoms with Crippen LogP contribution in [0.15, 0.2) is 0 Å². The highest BCUT2D eigenvalue weighted by molar-refractivity contribution is 4.81. The number of rotatable bonds is 3. The molecule has 72 valence electrons. The van der Waals surface area contributed by atoms with E-state index >= 15 is 0 Å². The third-order valence-corrected chi connectivity index (χ3v) is 2.89. The summed E-state index contributed by atoms with van der Waals surface area (Å²) in [5.41, 5.74) is 5.64. The molecule has 1 fully saturated rings. The monoisotopic (exact) mass is 172 g/mol. The summed E-state index contributed by atoms with van der Waals surface area (Å²) in [5.74, 6) is 0. The van der Waals surface area contributed by atoms with Gasteiger partial charge in [0.1, 0.15) is 0 Å².